The summed E-state index contributed by atoms with van der Waals surface area (Å²) >= 11 is 0. The average Bonchev–Trinajstić information content (AvgIpc) is 1.85. The zero-order chi connectivity index (χ0) is 7.11. The maximum atomic E-state index is 10.4. The standard InChI is InChI=1S/C7H10O2/c1-3-5-6-7(8)9-4-2/h3,5-6H,1,4H2,2H3. The Bertz CT molecular complexity index is 125. The van der Waals surface area contributed by atoms with Gasteiger partial charge in [0.1, 0.15) is 0 Å². The van der Waals surface area contributed by atoms with Crippen molar-refractivity contribution in [3.8, 4) is 0 Å². The minimum atomic E-state index is -0.322. The number of esters is 1. The molecule has 0 aromatic rings. The normalized spacial score (nSPS) is 9.44. The molecule has 0 aromatic carbocycles. The van der Waals surface area contributed by atoms with Crippen molar-refractivity contribution in [1.29, 1.82) is 0 Å². The van der Waals surface area contributed by atoms with E-state index in [2.05, 4.69) is 11.3 Å². The summed E-state index contributed by atoms with van der Waals surface area (Å²) in [6.45, 7) is 5.58. The smallest absolute Gasteiger partial charge is 0.330 e. The molecule has 0 atom stereocenters. The Kier molecular flexibility index (Phi) is 4.50. The zero-order valence-electron chi connectivity index (χ0n) is 5.46. The molecule has 0 saturated carbocycles. The van der Waals surface area contributed by atoms with E-state index in [1.165, 1.54) is 18.2 Å². The van der Waals surface area contributed by atoms with E-state index < -0.39 is 0 Å². The van der Waals surface area contributed by atoms with Crippen molar-refractivity contribution in [2.24, 2.45) is 0 Å². The number of ether oxygens (including phenoxy) is 1. The Labute approximate surface area is 54.8 Å². The van der Waals surface area contributed by atoms with Crippen LogP contribution in [-0.2, 0) is 9.53 Å². The second-order valence-electron chi connectivity index (χ2n) is 1.35. The fourth-order valence-electron chi connectivity index (χ4n) is 0.337. The summed E-state index contributed by atoms with van der Waals surface area (Å²) in [6, 6.07) is 0. The molecule has 0 aliphatic rings. The first-order valence-corrected chi connectivity index (χ1v) is 2.77. The molecule has 0 unspecified atom stereocenters. The minimum absolute atomic E-state index is 0.322. The first-order valence-electron chi connectivity index (χ1n) is 2.77. The lowest BCUT2D eigenvalue weighted by Crippen LogP contribution is -1.98. The van der Waals surface area contributed by atoms with Gasteiger partial charge in [0.05, 0.1) is 6.61 Å². The van der Waals surface area contributed by atoms with Crippen LogP contribution < -0.4 is 0 Å². The molecule has 0 aromatic heterocycles. The van der Waals surface area contributed by atoms with Gasteiger partial charge in [-0.3, -0.25) is 0 Å². The summed E-state index contributed by atoms with van der Waals surface area (Å²) < 4.78 is 4.57. The molecule has 0 aliphatic carbocycles. The minimum Gasteiger partial charge on any atom is -0.463 e. The van der Waals surface area contributed by atoms with E-state index in [4.69, 9.17) is 0 Å². The highest BCUT2D eigenvalue weighted by atomic mass is 16.5. The van der Waals surface area contributed by atoms with Crippen molar-refractivity contribution in [3.63, 3.8) is 0 Å². The maximum absolute atomic E-state index is 10.4. The van der Waals surface area contributed by atoms with Crippen molar-refractivity contribution in [2.45, 2.75) is 6.92 Å². The van der Waals surface area contributed by atoms with E-state index in [1.54, 1.807) is 6.92 Å². The Balaban J connectivity index is 3.49. The van der Waals surface area contributed by atoms with Crippen LogP contribution in [0.1, 0.15) is 6.92 Å². The fourth-order valence-corrected chi connectivity index (χ4v) is 0.337. The maximum Gasteiger partial charge on any atom is 0.330 e. The van der Waals surface area contributed by atoms with Crippen LogP contribution in [0.4, 0.5) is 0 Å². The zero-order valence-corrected chi connectivity index (χ0v) is 5.46. The van der Waals surface area contributed by atoms with Gasteiger partial charge in [-0.1, -0.05) is 18.7 Å². The van der Waals surface area contributed by atoms with E-state index in [0.29, 0.717) is 6.61 Å². The van der Waals surface area contributed by atoms with Gasteiger partial charge in [0.2, 0.25) is 0 Å². The van der Waals surface area contributed by atoms with E-state index in [0.717, 1.165) is 0 Å². The number of allylic oxidation sites excluding steroid dienone is 2. The Morgan fingerprint density at radius 3 is 2.89 bits per heavy atom. The third-order valence-electron chi connectivity index (χ3n) is 0.655. The van der Waals surface area contributed by atoms with Crippen LogP contribution in [0.5, 0.6) is 0 Å². The number of rotatable bonds is 3. The summed E-state index contributed by atoms with van der Waals surface area (Å²) in [5.74, 6) is -0.322. The van der Waals surface area contributed by atoms with Crippen molar-refractivity contribution >= 4 is 5.97 Å². The molecule has 0 amide bonds. The molecule has 0 spiro atoms. The molecule has 2 nitrogen and oxygen atoms in total. The third-order valence-corrected chi connectivity index (χ3v) is 0.655. The lowest BCUT2D eigenvalue weighted by molar-refractivity contribution is -0.137. The van der Waals surface area contributed by atoms with Crippen molar-refractivity contribution in [2.75, 3.05) is 6.61 Å². The molecule has 0 rings (SSSR count). The highest BCUT2D eigenvalue weighted by Gasteiger charge is 1.88. The number of hydrogen-bond acceptors (Lipinski definition) is 2. The lowest BCUT2D eigenvalue weighted by Gasteiger charge is -1.91. The summed E-state index contributed by atoms with van der Waals surface area (Å²) in [6.07, 6.45) is 4.39. The first kappa shape index (κ1) is 7.95. The monoisotopic (exact) mass is 126 g/mol. The Morgan fingerprint density at radius 1 is 1.78 bits per heavy atom. The SMILES string of the molecule is C=CC=CC(=O)OCC. The van der Waals surface area contributed by atoms with Gasteiger partial charge >= 0.3 is 5.97 Å². The molecule has 0 heterocycles. The average molecular weight is 126 g/mol. The molecule has 0 fully saturated rings. The second kappa shape index (κ2) is 5.09. The van der Waals surface area contributed by atoms with Crippen molar-refractivity contribution in [3.05, 3.63) is 24.8 Å². The van der Waals surface area contributed by atoms with Gasteiger partial charge in [-0.25, -0.2) is 4.79 Å². The van der Waals surface area contributed by atoms with Crippen LogP contribution in [-0.4, -0.2) is 12.6 Å². The van der Waals surface area contributed by atoms with Crippen LogP contribution in [0, 0.1) is 0 Å². The van der Waals surface area contributed by atoms with Gasteiger partial charge in [0.15, 0.2) is 0 Å². The van der Waals surface area contributed by atoms with E-state index in [-0.39, 0.29) is 5.97 Å². The molecule has 0 saturated heterocycles. The van der Waals surface area contributed by atoms with E-state index in [1.807, 2.05) is 0 Å². The molecule has 0 radical (unpaired) electrons. The Hall–Kier alpha value is -1.05. The molecule has 0 bridgehead atoms. The summed E-state index contributed by atoms with van der Waals surface area (Å²) in [5.41, 5.74) is 0. The predicted molar refractivity (Wildman–Crippen MR) is 36.0 cm³/mol. The molecule has 50 valence electrons. The Morgan fingerprint density at radius 2 is 2.44 bits per heavy atom. The summed E-state index contributed by atoms with van der Waals surface area (Å²) in [7, 11) is 0. The number of carbonyl (C=O) groups is 1. The highest BCUT2D eigenvalue weighted by molar-refractivity contribution is 5.82. The molecule has 0 aliphatic heterocycles. The van der Waals surface area contributed by atoms with Crippen molar-refractivity contribution < 1.29 is 9.53 Å². The van der Waals surface area contributed by atoms with Crippen LogP contribution in [0.2, 0.25) is 0 Å². The molecular formula is C7H10O2. The second-order valence-corrected chi connectivity index (χ2v) is 1.35. The molecule has 9 heavy (non-hydrogen) atoms. The van der Waals surface area contributed by atoms with Gasteiger partial charge in [0.25, 0.3) is 0 Å². The highest BCUT2D eigenvalue weighted by Crippen LogP contribution is 1.80. The topological polar surface area (TPSA) is 26.3 Å². The molecular weight excluding hydrogens is 116 g/mol. The van der Waals surface area contributed by atoms with Crippen LogP contribution in [0.15, 0.2) is 24.8 Å². The van der Waals surface area contributed by atoms with Gasteiger partial charge in [-0.2, -0.15) is 0 Å². The fraction of sp³-hybridized carbons (Fsp3) is 0.286. The lowest BCUT2D eigenvalue weighted by atomic mass is 10.5. The molecule has 2 heteroatoms. The molecule has 0 N–H and O–H groups in total. The summed E-state index contributed by atoms with van der Waals surface area (Å²) in [4.78, 5) is 10.4. The van der Waals surface area contributed by atoms with E-state index in [9.17, 15) is 4.79 Å². The predicted octanol–water partition coefficient (Wildman–Crippen LogP) is 1.29. The van der Waals surface area contributed by atoms with Gasteiger partial charge in [0, 0.05) is 6.08 Å². The third kappa shape index (κ3) is 4.81. The number of carbonyl (C=O) groups excluding carboxylic acids is 1. The van der Waals surface area contributed by atoms with Crippen LogP contribution in [0.25, 0.3) is 0 Å². The van der Waals surface area contributed by atoms with Crippen LogP contribution >= 0.6 is 0 Å². The van der Waals surface area contributed by atoms with Gasteiger partial charge in [-0.15, -0.1) is 0 Å². The van der Waals surface area contributed by atoms with Crippen molar-refractivity contribution in [1.82, 2.24) is 0 Å². The van der Waals surface area contributed by atoms with E-state index >= 15 is 0 Å². The van der Waals surface area contributed by atoms with Gasteiger partial charge in [-0.05, 0) is 6.92 Å². The summed E-state index contributed by atoms with van der Waals surface area (Å²) in [5, 5.41) is 0. The number of hydrogen-bond donors (Lipinski definition) is 0. The quantitative estimate of drug-likeness (QED) is 0.323. The van der Waals surface area contributed by atoms with Crippen LogP contribution in [0.3, 0.4) is 0 Å². The first-order chi connectivity index (χ1) is 4.31. The largest absolute Gasteiger partial charge is 0.463 e. The van der Waals surface area contributed by atoms with Gasteiger partial charge < -0.3 is 4.74 Å².